The lowest BCUT2D eigenvalue weighted by Gasteiger charge is -2.29. The van der Waals surface area contributed by atoms with E-state index in [4.69, 9.17) is 14.2 Å². The molecule has 7 nitrogen and oxygen atoms in total. The second-order valence-electron chi connectivity index (χ2n) is 7.15. The van der Waals surface area contributed by atoms with Crippen LogP contribution in [0.1, 0.15) is 37.8 Å². The molecule has 0 aliphatic carbocycles. The van der Waals surface area contributed by atoms with Gasteiger partial charge in [-0.25, -0.2) is 15.0 Å². The third kappa shape index (κ3) is 3.44. The van der Waals surface area contributed by atoms with Gasteiger partial charge in [0.25, 0.3) is 5.88 Å². The van der Waals surface area contributed by atoms with Crippen LogP contribution in [0.15, 0.2) is 24.5 Å². The van der Waals surface area contributed by atoms with Crippen molar-refractivity contribution in [1.82, 2.24) is 19.9 Å². The number of aryl methyl sites for hydroxylation is 1. The van der Waals surface area contributed by atoms with Crippen LogP contribution in [-0.4, -0.2) is 51.8 Å². The van der Waals surface area contributed by atoms with Crippen molar-refractivity contribution >= 4 is 0 Å². The molecule has 1 saturated heterocycles. The van der Waals surface area contributed by atoms with Crippen LogP contribution in [0.5, 0.6) is 17.4 Å². The van der Waals surface area contributed by atoms with Crippen molar-refractivity contribution in [3.05, 3.63) is 36.0 Å². The van der Waals surface area contributed by atoms with Crippen LogP contribution in [0, 0.1) is 6.92 Å². The Morgan fingerprint density at radius 2 is 1.96 bits per heavy atom. The van der Waals surface area contributed by atoms with E-state index in [1.807, 2.05) is 19.1 Å². The summed E-state index contributed by atoms with van der Waals surface area (Å²) in [6, 6.07) is 4.14. The predicted octanol–water partition coefficient (Wildman–Crippen LogP) is 2.56. The molecule has 1 fully saturated rings. The Morgan fingerprint density at radius 3 is 2.77 bits per heavy atom. The highest BCUT2D eigenvalue weighted by Crippen LogP contribution is 2.35. The van der Waals surface area contributed by atoms with E-state index in [9.17, 15) is 0 Å². The summed E-state index contributed by atoms with van der Waals surface area (Å²) in [5, 5.41) is 0. The molecule has 2 atom stereocenters. The molecule has 138 valence electrons. The summed E-state index contributed by atoms with van der Waals surface area (Å²) in [7, 11) is 0. The molecular weight excluding hydrogens is 332 g/mol. The summed E-state index contributed by atoms with van der Waals surface area (Å²) in [6.07, 6.45) is 4.42. The van der Waals surface area contributed by atoms with Crippen molar-refractivity contribution in [2.45, 2.75) is 38.8 Å². The van der Waals surface area contributed by atoms with Gasteiger partial charge in [-0.15, -0.1) is 0 Å². The molecule has 0 aromatic carbocycles. The molecule has 1 unspecified atom stereocenters. The Morgan fingerprint density at radius 1 is 1.19 bits per heavy atom. The molecule has 0 spiro atoms. The average Bonchev–Trinajstić information content (AvgIpc) is 3.04. The van der Waals surface area contributed by atoms with Crippen LogP contribution in [-0.2, 0) is 0 Å². The largest absolute Gasteiger partial charge is 0.484 e. The van der Waals surface area contributed by atoms with Gasteiger partial charge in [0.2, 0.25) is 0 Å². The first-order valence-electron chi connectivity index (χ1n) is 9.01. The van der Waals surface area contributed by atoms with Crippen LogP contribution in [0.3, 0.4) is 0 Å². The molecule has 0 saturated carbocycles. The Labute approximate surface area is 153 Å². The Balaban J connectivity index is 1.45. The number of hydrogen-bond acceptors (Lipinski definition) is 7. The van der Waals surface area contributed by atoms with Gasteiger partial charge in [-0.3, -0.25) is 4.90 Å². The second kappa shape index (κ2) is 6.72. The van der Waals surface area contributed by atoms with Gasteiger partial charge in [-0.05, 0) is 32.9 Å². The highest BCUT2D eigenvalue weighted by molar-refractivity contribution is 5.36. The molecule has 4 rings (SSSR count). The van der Waals surface area contributed by atoms with Crippen molar-refractivity contribution in [2.24, 2.45) is 0 Å². The summed E-state index contributed by atoms with van der Waals surface area (Å²) in [6.45, 7) is 9.06. The molecule has 26 heavy (non-hydrogen) atoms. The lowest BCUT2D eigenvalue weighted by molar-refractivity contribution is 0.0878. The first kappa shape index (κ1) is 17.0. The number of nitrogens with zero attached hydrogens (tertiary/aromatic N) is 4. The summed E-state index contributed by atoms with van der Waals surface area (Å²) in [4.78, 5) is 15.5. The van der Waals surface area contributed by atoms with E-state index >= 15 is 0 Å². The van der Waals surface area contributed by atoms with E-state index < -0.39 is 0 Å². The Bertz CT molecular complexity index is 783. The summed E-state index contributed by atoms with van der Waals surface area (Å²) < 4.78 is 17.4. The van der Waals surface area contributed by atoms with Gasteiger partial charge in [-0.2, -0.15) is 0 Å². The monoisotopic (exact) mass is 356 g/mol. The van der Waals surface area contributed by atoms with E-state index in [0.29, 0.717) is 24.8 Å². The molecule has 2 aliphatic heterocycles. The molecule has 0 N–H and O–H groups in total. The molecule has 0 amide bonds. The van der Waals surface area contributed by atoms with Crippen molar-refractivity contribution in [3.63, 3.8) is 0 Å². The highest BCUT2D eigenvalue weighted by atomic mass is 16.6. The fraction of sp³-hybridized carbons (Fsp3) is 0.526. The van der Waals surface area contributed by atoms with Crippen LogP contribution in [0.25, 0.3) is 0 Å². The first-order chi connectivity index (χ1) is 12.5. The Kier molecular flexibility index (Phi) is 4.40. The number of hydrogen-bond donors (Lipinski definition) is 0. The standard InChI is InChI=1S/C19H24N4O3/c1-13(16-4-5-17-18(22-16)25-9-8-24-17)23-7-6-19(3,12-23)26-15-10-20-14(2)21-11-15/h4-5,10-11,13H,6-9,12H2,1-3H3/t13?,19-/m1/s1. The zero-order valence-corrected chi connectivity index (χ0v) is 15.4. The normalized spacial score (nSPS) is 23.7. The van der Waals surface area contributed by atoms with Crippen molar-refractivity contribution in [2.75, 3.05) is 26.3 Å². The number of pyridine rings is 1. The summed E-state index contributed by atoms with van der Waals surface area (Å²) >= 11 is 0. The molecule has 4 heterocycles. The number of aromatic nitrogens is 3. The maximum Gasteiger partial charge on any atom is 0.257 e. The maximum atomic E-state index is 6.19. The molecule has 7 heteroatoms. The maximum absolute atomic E-state index is 6.19. The minimum absolute atomic E-state index is 0.172. The SMILES string of the molecule is Cc1ncc(O[C@]2(C)CCN(C(C)c3ccc4c(n3)OCCO4)C2)cn1. The smallest absolute Gasteiger partial charge is 0.257 e. The van der Waals surface area contributed by atoms with Crippen LogP contribution >= 0.6 is 0 Å². The van der Waals surface area contributed by atoms with Crippen molar-refractivity contribution in [3.8, 4) is 17.4 Å². The van der Waals surface area contributed by atoms with Crippen LogP contribution in [0.4, 0.5) is 0 Å². The van der Waals surface area contributed by atoms with Crippen molar-refractivity contribution < 1.29 is 14.2 Å². The molecule has 2 aromatic rings. The molecule has 2 aliphatic rings. The zero-order chi connectivity index (χ0) is 18.1. The molecule has 2 aromatic heterocycles. The van der Waals surface area contributed by atoms with Gasteiger partial charge in [0.1, 0.15) is 24.6 Å². The van der Waals surface area contributed by atoms with Gasteiger partial charge in [-0.1, -0.05) is 0 Å². The fourth-order valence-electron chi connectivity index (χ4n) is 3.46. The first-order valence-corrected chi connectivity index (χ1v) is 9.01. The van der Waals surface area contributed by atoms with Gasteiger partial charge >= 0.3 is 0 Å². The lowest BCUT2D eigenvalue weighted by atomic mass is 10.1. The second-order valence-corrected chi connectivity index (χ2v) is 7.15. The molecular formula is C19H24N4O3. The molecule has 0 bridgehead atoms. The topological polar surface area (TPSA) is 69.6 Å². The minimum atomic E-state index is -0.263. The van der Waals surface area contributed by atoms with Gasteiger partial charge in [0, 0.05) is 25.6 Å². The minimum Gasteiger partial charge on any atom is -0.484 e. The van der Waals surface area contributed by atoms with E-state index in [1.54, 1.807) is 12.4 Å². The summed E-state index contributed by atoms with van der Waals surface area (Å²) in [5.41, 5.74) is 0.720. The fourth-order valence-corrected chi connectivity index (χ4v) is 3.46. The number of fused-ring (bicyclic) bond motifs is 1. The Hall–Kier alpha value is -2.41. The quantitative estimate of drug-likeness (QED) is 0.834. The van der Waals surface area contributed by atoms with Crippen LogP contribution in [0.2, 0.25) is 0 Å². The van der Waals surface area contributed by atoms with Gasteiger partial charge in [0.05, 0.1) is 18.1 Å². The van der Waals surface area contributed by atoms with E-state index in [2.05, 4.69) is 33.7 Å². The predicted molar refractivity (Wildman–Crippen MR) is 95.6 cm³/mol. The van der Waals surface area contributed by atoms with Crippen molar-refractivity contribution in [1.29, 1.82) is 0 Å². The van der Waals surface area contributed by atoms with E-state index in [1.165, 1.54) is 0 Å². The third-order valence-corrected chi connectivity index (χ3v) is 4.99. The number of rotatable bonds is 4. The number of likely N-dealkylation sites (tertiary alicyclic amines) is 1. The average molecular weight is 356 g/mol. The van der Waals surface area contributed by atoms with Gasteiger partial charge in [0.15, 0.2) is 11.5 Å². The van der Waals surface area contributed by atoms with Crippen LogP contribution < -0.4 is 14.2 Å². The number of ether oxygens (including phenoxy) is 3. The zero-order valence-electron chi connectivity index (χ0n) is 15.4. The van der Waals surface area contributed by atoms with Gasteiger partial charge < -0.3 is 14.2 Å². The third-order valence-electron chi connectivity index (χ3n) is 4.99. The highest BCUT2D eigenvalue weighted by Gasteiger charge is 2.38. The van der Waals surface area contributed by atoms with E-state index in [-0.39, 0.29) is 11.6 Å². The summed E-state index contributed by atoms with van der Waals surface area (Å²) in [5.74, 6) is 2.77. The lowest BCUT2D eigenvalue weighted by Crippen LogP contribution is -2.37. The van der Waals surface area contributed by atoms with E-state index in [0.717, 1.165) is 36.8 Å². The molecule has 0 radical (unpaired) electrons.